The maximum Gasteiger partial charge on any atom is 0.172 e. The van der Waals surface area contributed by atoms with Crippen LogP contribution in [0, 0.1) is 0 Å². The highest BCUT2D eigenvalue weighted by Crippen LogP contribution is 2.27. The monoisotopic (exact) mass is 305 g/mol. The van der Waals surface area contributed by atoms with E-state index < -0.39 is 0 Å². The molecule has 1 aromatic rings. The third-order valence-electron chi connectivity index (χ3n) is 2.83. The summed E-state index contributed by atoms with van der Waals surface area (Å²) in [5.41, 5.74) is 0.984. The highest BCUT2D eigenvalue weighted by atomic mass is 35.5. The molecule has 1 unspecified atom stereocenters. The van der Waals surface area contributed by atoms with Gasteiger partial charge in [0, 0.05) is 13.2 Å². The highest BCUT2D eigenvalue weighted by Gasteiger charge is 2.22. The fourth-order valence-corrected chi connectivity index (χ4v) is 2.28. The number of hydrogen-bond acceptors (Lipinski definition) is 3. The first-order chi connectivity index (χ1) is 9.13. The van der Waals surface area contributed by atoms with E-state index in [1.165, 1.54) is 0 Å². The summed E-state index contributed by atoms with van der Waals surface area (Å²) >= 11 is 12.2. The molecule has 0 radical (unpaired) electrons. The van der Waals surface area contributed by atoms with Crippen molar-refractivity contribution in [2.24, 2.45) is 0 Å². The Hall–Kier alpha value is -0.320. The Bertz CT molecular complexity index is 382. The molecule has 0 amide bonds. The molecule has 0 saturated heterocycles. The minimum Gasteiger partial charge on any atom is -0.351 e. The van der Waals surface area contributed by atoms with Gasteiger partial charge in [0.1, 0.15) is 0 Å². The Morgan fingerprint density at radius 3 is 2.32 bits per heavy atom. The van der Waals surface area contributed by atoms with E-state index in [4.69, 9.17) is 32.7 Å². The number of likely N-dealkylation sites (N-methyl/N-ethyl adjacent to an activating group) is 1. The molecule has 0 bridgehead atoms. The molecular formula is C14H21Cl2NO2. The minimum absolute atomic E-state index is 0.0240. The van der Waals surface area contributed by atoms with Crippen molar-refractivity contribution in [3.8, 4) is 0 Å². The standard InChI is InChI=1S/C14H21Cl2NO2/c1-4-18-14(19-5-2)12(17-3)9-10-7-6-8-11(15)13(10)16/h6-8,12,14,17H,4-5,9H2,1-3H3. The van der Waals surface area contributed by atoms with Gasteiger partial charge in [-0.1, -0.05) is 35.3 Å². The molecule has 0 aliphatic heterocycles. The third-order valence-corrected chi connectivity index (χ3v) is 3.69. The topological polar surface area (TPSA) is 30.5 Å². The molecule has 0 heterocycles. The van der Waals surface area contributed by atoms with Crippen molar-refractivity contribution in [2.45, 2.75) is 32.6 Å². The second-order valence-electron chi connectivity index (χ2n) is 4.09. The third kappa shape index (κ3) is 4.93. The zero-order valence-corrected chi connectivity index (χ0v) is 13.1. The highest BCUT2D eigenvalue weighted by molar-refractivity contribution is 6.42. The number of hydrogen-bond donors (Lipinski definition) is 1. The van der Waals surface area contributed by atoms with E-state index in [2.05, 4.69) is 5.32 Å². The van der Waals surface area contributed by atoms with E-state index >= 15 is 0 Å². The zero-order valence-electron chi connectivity index (χ0n) is 11.6. The molecule has 1 atom stereocenters. The molecule has 0 aliphatic carbocycles. The van der Waals surface area contributed by atoms with Crippen LogP contribution in [-0.4, -0.2) is 32.6 Å². The van der Waals surface area contributed by atoms with Crippen molar-refractivity contribution in [3.05, 3.63) is 33.8 Å². The SMILES string of the molecule is CCOC(OCC)C(Cc1cccc(Cl)c1Cl)NC. The lowest BCUT2D eigenvalue weighted by molar-refractivity contribution is -0.152. The lowest BCUT2D eigenvalue weighted by Gasteiger charge is -2.26. The summed E-state index contributed by atoms with van der Waals surface area (Å²) in [6.45, 7) is 5.11. The van der Waals surface area contributed by atoms with Gasteiger partial charge >= 0.3 is 0 Å². The van der Waals surface area contributed by atoms with Crippen molar-refractivity contribution >= 4 is 23.2 Å². The van der Waals surface area contributed by atoms with Crippen LogP contribution in [0.1, 0.15) is 19.4 Å². The van der Waals surface area contributed by atoms with Gasteiger partial charge in [0.05, 0.1) is 16.1 Å². The predicted octanol–water partition coefficient (Wildman–Crippen LogP) is 3.52. The van der Waals surface area contributed by atoms with Gasteiger partial charge in [-0.05, 0) is 38.9 Å². The van der Waals surface area contributed by atoms with Crippen LogP contribution >= 0.6 is 23.2 Å². The van der Waals surface area contributed by atoms with Crippen LogP contribution in [0.2, 0.25) is 10.0 Å². The second-order valence-corrected chi connectivity index (χ2v) is 4.88. The molecule has 3 nitrogen and oxygen atoms in total. The fraction of sp³-hybridized carbons (Fsp3) is 0.571. The predicted molar refractivity (Wildman–Crippen MR) is 80.1 cm³/mol. The van der Waals surface area contributed by atoms with Gasteiger partial charge in [-0.3, -0.25) is 0 Å². The molecule has 0 fully saturated rings. The number of ether oxygens (including phenoxy) is 2. The van der Waals surface area contributed by atoms with Gasteiger partial charge in [0.15, 0.2) is 6.29 Å². The summed E-state index contributed by atoms with van der Waals surface area (Å²) in [7, 11) is 1.88. The van der Waals surface area contributed by atoms with E-state index in [0.29, 0.717) is 29.7 Å². The number of halogens is 2. The summed E-state index contributed by atoms with van der Waals surface area (Å²) in [5.74, 6) is 0. The maximum atomic E-state index is 6.21. The van der Waals surface area contributed by atoms with Gasteiger partial charge in [-0.2, -0.15) is 0 Å². The van der Waals surface area contributed by atoms with Crippen LogP contribution in [0.3, 0.4) is 0 Å². The van der Waals surface area contributed by atoms with Gasteiger partial charge in [0.25, 0.3) is 0 Å². The lowest BCUT2D eigenvalue weighted by atomic mass is 10.1. The maximum absolute atomic E-state index is 6.21. The largest absolute Gasteiger partial charge is 0.351 e. The normalized spacial score (nSPS) is 12.9. The first kappa shape index (κ1) is 16.7. The first-order valence-corrected chi connectivity index (χ1v) is 7.22. The lowest BCUT2D eigenvalue weighted by Crippen LogP contribution is -2.43. The molecule has 1 N–H and O–H groups in total. The number of benzene rings is 1. The van der Waals surface area contributed by atoms with Crippen molar-refractivity contribution in [1.82, 2.24) is 5.32 Å². The van der Waals surface area contributed by atoms with Crippen molar-refractivity contribution in [1.29, 1.82) is 0 Å². The van der Waals surface area contributed by atoms with Gasteiger partial charge in [-0.15, -0.1) is 0 Å². The summed E-state index contributed by atoms with van der Waals surface area (Å²) in [4.78, 5) is 0. The summed E-state index contributed by atoms with van der Waals surface area (Å²) < 4.78 is 11.2. The quantitative estimate of drug-likeness (QED) is 0.745. The Kier molecular flexibility index (Phi) is 7.73. The molecule has 0 aromatic heterocycles. The average Bonchev–Trinajstić information content (AvgIpc) is 2.40. The van der Waals surface area contributed by atoms with Gasteiger partial charge in [0.2, 0.25) is 0 Å². The van der Waals surface area contributed by atoms with Crippen molar-refractivity contribution in [2.75, 3.05) is 20.3 Å². The van der Waals surface area contributed by atoms with Crippen molar-refractivity contribution in [3.63, 3.8) is 0 Å². The average molecular weight is 306 g/mol. The number of rotatable bonds is 8. The van der Waals surface area contributed by atoms with E-state index in [1.54, 1.807) is 6.07 Å². The summed E-state index contributed by atoms with van der Waals surface area (Å²) in [5, 5.41) is 4.38. The number of nitrogens with one attached hydrogen (secondary N) is 1. The van der Waals surface area contributed by atoms with Gasteiger partial charge in [-0.25, -0.2) is 0 Å². The molecule has 19 heavy (non-hydrogen) atoms. The smallest absolute Gasteiger partial charge is 0.172 e. The fourth-order valence-electron chi connectivity index (χ4n) is 1.89. The van der Waals surface area contributed by atoms with E-state index in [0.717, 1.165) is 5.56 Å². The van der Waals surface area contributed by atoms with Crippen LogP contribution < -0.4 is 5.32 Å². The first-order valence-electron chi connectivity index (χ1n) is 6.47. The van der Waals surface area contributed by atoms with Crippen LogP contribution in [0.5, 0.6) is 0 Å². The Morgan fingerprint density at radius 2 is 1.79 bits per heavy atom. The molecule has 0 aliphatic rings. The Labute approximate surface area is 125 Å². The molecule has 0 spiro atoms. The molecule has 0 saturated carbocycles. The zero-order chi connectivity index (χ0) is 14.3. The second kappa shape index (κ2) is 8.77. The van der Waals surface area contributed by atoms with E-state index in [1.807, 2.05) is 33.0 Å². The molecular weight excluding hydrogens is 285 g/mol. The molecule has 5 heteroatoms. The summed E-state index contributed by atoms with van der Waals surface area (Å²) in [6, 6.07) is 5.67. The van der Waals surface area contributed by atoms with Crippen LogP contribution in [-0.2, 0) is 15.9 Å². The molecule has 1 aromatic carbocycles. The van der Waals surface area contributed by atoms with Crippen LogP contribution in [0.25, 0.3) is 0 Å². The van der Waals surface area contributed by atoms with Crippen molar-refractivity contribution < 1.29 is 9.47 Å². The van der Waals surface area contributed by atoms with E-state index in [-0.39, 0.29) is 12.3 Å². The molecule has 1 rings (SSSR count). The molecule has 108 valence electrons. The summed E-state index contributed by atoms with van der Waals surface area (Å²) in [6.07, 6.45) is 0.399. The van der Waals surface area contributed by atoms with Crippen LogP contribution in [0.15, 0.2) is 18.2 Å². The van der Waals surface area contributed by atoms with E-state index in [9.17, 15) is 0 Å². The van der Waals surface area contributed by atoms with Crippen LogP contribution in [0.4, 0.5) is 0 Å². The minimum atomic E-state index is -0.296. The Morgan fingerprint density at radius 1 is 1.16 bits per heavy atom. The van der Waals surface area contributed by atoms with Gasteiger partial charge < -0.3 is 14.8 Å². The Balaban J connectivity index is 2.82.